The van der Waals surface area contributed by atoms with Crippen molar-refractivity contribution in [1.82, 2.24) is 0 Å². The third-order valence-electron chi connectivity index (χ3n) is 1.34. The maximum absolute atomic E-state index is 8.43. The van der Waals surface area contributed by atoms with E-state index in [-0.39, 0.29) is 6.61 Å². The molecule has 0 heterocycles. The lowest BCUT2D eigenvalue weighted by Crippen LogP contribution is -1.82. The zero-order valence-corrected chi connectivity index (χ0v) is 6.59. The number of unbranched alkanes of at least 4 members (excludes halogenated alkanes) is 1. The zero-order chi connectivity index (χ0) is 7.82. The van der Waals surface area contributed by atoms with Gasteiger partial charge in [-0.15, -0.1) is 6.58 Å². The normalized spacial score (nSPS) is 13.8. The lowest BCUT2D eigenvalue weighted by molar-refractivity contribution is 0.289. The van der Waals surface area contributed by atoms with Crippen LogP contribution in [0.15, 0.2) is 24.8 Å². The zero-order valence-electron chi connectivity index (χ0n) is 6.59. The van der Waals surface area contributed by atoms with Crippen LogP contribution >= 0.6 is 0 Å². The van der Waals surface area contributed by atoms with Crippen LogP contribution in [0.1, 0.15) is 19.8 Å². The molecule has 0 aliphatic rings. The summed E-state index contributed by atoms with van der Waals surface area (Å²) < 4.78 is 0. The Labute approximate surface area is 63.1 Å². The van der Waals surface area contributed by atoms with Gasteiger partial charge in [0.15, 0.2) is 0 Å². The van der Waals surface area contributed by atoms with E-state index in [1.807, 2.05) is 6.08 Å². The number of hydrogen-bond acceptors (Lipinski definition) is 1. The number of aliphatic hydroxyl groups is 1. The summed E-state index contributed by atoms with van der Waals surface area (Å²) in [4.78, 5) is 0. The fraction of sp³-hybridized carbons (Fsp3) is 0.556. The maximum atomic E-state index is 8.43. The molecule has 1 nitrogen and oxygen atoms in total. The molecule has 1 unspecified atom stereocenters. The second-order valence-corrected chi connectivity index (χ2v) is 2.39. The van der Waals surface area contributed by atoms with Crippen LogP contribution < -0.4 is 0 Å². The highest BCUT2D eigenvalue weighted by molar-refractivity contribution is 4.94. The first-order chi connectivity index (χ1) is 4.81. The van der Waals surface area contributed by atoms with Crippen LogP contribution in [0.4, 0.5) is 0 Å². The molecule has 0 radical (unpaired) electrons. The molecule has 0 rings (SSSR count). The fourth-order valence-electron chi connectivity index (χ4n) is 0.599. The summed E-state index contributed by atoms with van der Waals surface area (Å²) in [6, 6.07) is 0. The van der Waals surface area contributed by atoms with E-state index in [0.717, 1.165) is 12.8 Å². The first kappa shape index (κ1) is 9.44. The lowest BCUT2D eigenvalue weighted by atomic mass is 10.1. The van der Waals surface area contributed by atoms with Gasteiger partial charge in [0.1, 0.15) is 0 Å². The molecular formula is C9H16O. The van der Waals surface area contributed by atoms with E-state index in [0.29, 0.717) is 5.92 Å². The van der Waals surface area contributed by atoms with Crippen LogP contribution in [0.5, 0.6) is 0 Å². The second kappa shape index (κ2) is 6.56. The third kappa shape index (κ3) is 5.57. The molecule has 0 saturated heterocycles. The minimum atomic E-state index is 0.285. The van der Waals surface area contributed by atoms with E-state index < -0.39 is 0 Å². The van der Waals surface area contributed by atoms with E-state index in [2.05, 4.69) is 25.7 Å². The summed E-state index contributed by atoms with van der Waals surface area (Å²) in [7, 11) is 0. The Hall–Kier alpha value is -0.560. The molecule has 0 spiro atoms. The highest BCUT2D eigenvalue weighted by Crippen LogP contribution is 1.99. The summed E-state index contributed by atoms with van der Waals surface area (Å²) >= 11 is 0. The van der Waals surface area contributed by atoms with Gasteiger partial charge in [0.05, 0.1) is 0 Å². The number of hydrogen-bond donors (Lipinski definition) is 1. The first-order valence-corrected chi connectivity index (χ1v) is 3.71. The predicted molar refractivity (Wildman–Crippen MR) is 44.8 cm³/mol. The van der Waals surface area contributed by atoms with Crippen molar-refractivity contribution in [1.29, 1.82) is 0 Å². The molecule has 10 heavy (non-hydrogen) atoms. The average molecular weight is 140 g/mol. The quantitative estimate of drug-likeness (QED) is 0.458. The van der Waals surface area contributed by atoms with Crippen molar-refractivity contribution >= 4 is 0 Å². The van der Waals surface area contributed by atoms with Gasteiger partial charge < -0.3 is 5.11 Å². The molecule has 1 heteroatoms. The molecule has 1 N–H and O–H groups in total. The Kier molecular flexibility index (Phi) is 6.19. The summed E-state index contributed by atoms with van der Waals surface area (Å²) in [6.45, 7) is 6.03. The van der Waals surface area contributed by atoms with Gasteiger partial charge in [-0.1, -0.05) is 25.2 Å². The highest BCUT2D eigenvalue weighted by atomic mass is 16.2. The van der Waals surface area contributed by atoms with E-state index in [9.17, 15) is 0 Å². The minimum absolute atomic E-state index is 0.285. The van der Waals surface area contributed by atoms with Crippen LogP contribution in [-0.4, -0.2) is 11.7 Å². The SMILES string of the molecule is C=CC(C)/C=C/CCCO. The molecule has 0 bridgehead atoms. The second-order valence-electron chi connectivity index (χ2n) is 2.39. The molecule has 0 aromatic heterocycles. The van der Waals surface area contributed by atoms with E-state index in [1.165, 1.54) is 0 Å². The molecule has 0 aromatic carbocycles. The first-order valence-electron chi connectivity index (χ1n) is 3.71. The van der Waals surface area contributed by atoms with Crippen molar-refractivity contribution < 1.29 is 5.11 Å². The van der Waals surface area contributed by atoms with Crippen molar-refractivity contribution in [2.75, 3.05) is 6.61 Å². The van der Waals surface area contributed by atoms with Gasteiger partial charge in [-0.25, -0.2) is 0 Å². The summed E-state index contributed by atoms with van der Waals surface area (Å²) in [6.07, 6.45) is 7.91. The van der Waals surface area contributed by atoms with E-state index in [4.69, 9.17) is 5.11 Å². The van der Waals surface area contributed by atoms with Gasteiger partial charge in [0.25, 0.3) is 0 Å². The topological polar surface area (TPSA) is 20.2 Å². The van der Waals surface area contributed by atoms with E-state index in [1.54, 1.807) is 0 Å². The van der Waals surface area contributed by atoms with Crippen LogP contribution in [-0.2, 0) is 0 Å². The predicted octanol–water partition coefficient (Wildman–Crippen LogP) is 2.14. The Morgan fingerprint density at radius 3 is 2.80 bits per heavy atom. The number of rotatable bonds is 5. The summed E-state index contributed by atoms with van der Waals surface area (Å²) in [5.41, 5.74) is 0. The molecule has 0 aliphatic heterocycles. The standard InChI is InChI=1S/C9H16O/c1-3-9(2)7-5-4-6-8-10/h3,5,7,9-10H,1,4,6,8H2,2H3/b7-5+. The van der Waals surface area contributed by atoms with Crippen LogP contribution in [0, 0.1) is 5.92 Å². The molecule has 0 fully saturated rings. The van der Waals surface area contributed by atoms with Gasteiger partial charge in [-0.3, -0.25) is 0 Å². The fourth-order valence-corrected chi connectivity index (χ4v) is 0.599. The Bertz CT molecular complexity index is 105. The van der Waals surface area contributed by atoms with Crippen LogP contribution in [0.25, 0.3) is 0 Å². The largest absolute Gasteiger partial charge is 0.396 e. The minimum Gasteiger partial charge on any atom is -0.396 e. The molecule has 1 atom stereocenters. The molecular weight excluding hydrogens is 124 g/mol. The van der Waals surface area contributed by atoms with Crippen molar-refractivity contribution in [2.24, 2.45) is 5.92 Å². The van der Waals surface area contributed by atoms with Crippen LogP contribution in [0.3, 0.4) is 0 Å². The third-order valence-corrected chi connectivity index (χ3v) is 1.34. The molecule has 0 saturated carbocycles. The summed E-state index contributed by atoms with van der Waals surface area (Å²) in [5, 5.41) is 8.43. The Morgan fingerprint density at radius 2 is 2.30 bits per heavy atom. The number of allylic oxidation sites excluding steroid dienone is 3. The monoisotopic (exact) mass is 140 g/mol. The Balaban J connectivity index is 3.26. The van der Waals surface area contributed by atoms with Crippen molar-refractivity contribution in [2.45, 2.75) is 19.8 Å². The van der Waals surface area contributed by atoms with Gasteiger partial charge >= 0.3 is 0 Å². The van der Waals surface area contributed by atoms with Gasteiger partial charge in [0.2, 0.25) is 0 Å². The highest BCUT2D eigenvalue weighted by Gasteiger charge is 1.85. The van der Waals surface area contributed by atoms with Crippen molar-refractivity contribution in [3.8, 4) is 0 Å². The van der Waals surface area contributed by atoms with Crippen LogP contribution in [0.2, 0.25) is 0 Å². The van der Waals surface area contributed by atoms with Crippen molar-refractivity contribution in [3.63, 3.8) is 0 Å². The van der Waals surface area contributed by atoms with Gasteiger partial charge in [-0.2, -0.15) is 0 Å². The lowest BCUT2D eigenvalue weighted by Gasteiger charge is -1.94. The molecule has 58 valence electrons. The van der Waals surface area contributed by atoms with E-state index >= 15 is 0 Å². The number of aliphatic hydroxyl groups excluding tert-OH is 1. The smallest absolute Gasteiger partial charge is 0.0433 e. The van der Waals surface area contributed by atoms with Crippen molar-refractivity contribution in [3.05, 3.63) is 24.8 Å². The Morgan fingerprint density at radius 1 is 1.60 bits per heavy atom. The molecule has 0 aliphatic carbocycles. The molecule has 0 aromatic rings. The molecule has 0 amide bonds. The van der Waals surface area contributed by atoms with Gasteiger partial charge in [0, 0.05) is 6.61 Å². The maximum Gasteiger partial charge on any atom is 0.0433 e. The van der Waals surface area contributed by atoms with Gasteiger partial charge in [-0.05, 0) is 18.8 Å². The average Bonchev–Trinajstić information content (AvgIpc) is 1.98. The summed E-state index contributed by atoms with van der Waals surface area (Å²) in [5.74, 6) is 0.457.